The topological polar surface area (TPSA) is 53.1 Å². The van der Waals surface area contributed by atoms with Crippen LogP contribution in [0, 0.1) is 0 Å². The second kappa shape index (κ2) is 6.38. The molecule has 1 aromatic heterocycles. The summed E-state index contributed by atoms with van der Waals surface area (Å²) in [5.74, 6) is 0.922. The minimum absolute atomic E-state index is 0.631. The molecule has 1 aromatic carbocycles. The molecule has 0 aliphatic carbocycles. The van der Waals surface area contributed by atoms with Crippen LogP contribution >= 0.6 is 0 Å². The molecular weight excluding hydrogens is 238 g/mol. The minimum Gasteiger partial charge on any atom is -0.496 e. The van der Waals surface area contributed by atoms with Gasteiger partial charge in [-0.05, 0) is 24.6 Å². The molecule has 1 heterocycles. The fourth-order valence-corrected chi connectivity index (χ4v) is 2.14. The smallest absolute Gasteiger partial charge is 0.123 e. The summed E-state index contributed by atoms with van der Waals surface area (Å²) in [6.45, 7) is 3.56. The molecule has 19 heavy (non-hydrogen) atoms. The van der Waals surface area contributed by atoms with Crippen LogP contribution in [-0.4, -0.2) is 23.2 Å². The Balaban J connectivity index is 2.20. The van der Waals surface area contributed by atoms with Crippen molar-refractivity contribution in [3.8, 4) is 5.75 Å². The molecule has 0 amide bonds. The van der Waals surface area contributed by atoms with Gasteiger partial charge < -0.3 is 15.0 Å². The quantitative estimate of drug-likeness (QED) is 0.863. The van der Waals surface area contributed by atoms with Crippen LogP contribution in [0.15, 0.2) is 30.7 Å². The van der Waals surface area contributed by atoms with Gasteiger partial charge in [0.1, 0.15) is 5.75 Å². The molecule has 4 nitrogen and oxygen atoms in total. The number of hydrogen-bond donors (Lipinski definition) is 1. The Morgan fingerprint density at radius 2 is 2.21 bits per heavy atom. The average molecular weight is 259 g/mol. The third-order valence-corrected chi connectivity index (χ3v) is 3.19. The second-order valence-corrected chi connectivity index (χ2v) is 4.58. The third-order valence-electron chi connectivity index (χ3n) is 3.19. The lowest BCUT2D eigenvalue weighted by molar-refractivity contribution is 0.408. The second-order valence-electron chi connectivity index (χ2n) is 4.58. The molecular formula is C15H21N3O. The van der Waals surface area contributed by atoms with Crippen LogP contribution in [0.3, 0.4) is 0 Å². The zero-order valence-corrected chi connectivity index (χ0v) is 11.6. The van der Waals surface area contributed by atoms with E-state index in [2.05, 4.69) is 28.6 Å². The molecule has 0 bridgehead atoms. The van der Waals surface area contributed by atoms with Crippen molar-refractivity contribution >= 4 is 0 Å². The molecule has 0 saturated heterocycles. The standard InChI is InChI=1S/C15H21N3O/c1-3-12-4-5-15(19-2)13(8-12)9-18-10-14(6-7-16)17-11-18/h4-5,8,10-11H,3,6-7,9,16H2,1-2H3. The van der Waals surface area contributed by atoms with Crippen molar-refractivity contribution in [2.75, 3.05) is 13.7 Å². The number of benzene rings is 1. The number of ether oxygens (including phenoxy) is 1. The van der Waals surface area contributed by atoms with Gasteiger partial charge in [-0.3, -0.25) is 0 Å². The zero-order valence-electron chi connectivity index (χ0n) is 11.6. The molecule has 2 rings (SSSR count). The van der Waals surface area contributed by atoms with E-state index < -0.39 is 0 Å². The molecule has 0 unspecified atom stereocenters. The summed E-state index contributed by atoms with van der Waals surface area (Å²) in [4.78, 5) is 4.34. The Morgan fingerprint density at radius 3 is 2.89 bits per heavy atom. The van der Waals surface area contributed by atoms with Crippen LogP contribution in [-0.2, 0) is 19.4 Å². The molecule has 2 N–H and O–H groups in total. The van der Waals surface area contributed by atoms with Crippen molar-refractivity contribution in [3.05, 3.63) is 47.5 Å². The van der Waals surface area contributed by atoms with Gasteiger partial charge in [0.25, 0.3) is 0 Å². The van der Waals surface area contributed by atoms with Crippen molar-refractivity contribution < 1.29 is 4.74 Å². The van der Waals surface area contributed by atoms with Crippen molar-refractivity contribution in [2.24, 2.45) is 5.73 Å². The lowest BCUT2D eigenvalue weighted by atomic mass is 10.1. The van der Waals surface area contributed by atoms with Crippen molar-refractivity contribution in [3.63, 3.8) is 0 Å². The van der Waals surface area contributed by atoms with Gasteiger partial charge >= 0.3 is 0 Å². The summed E-state index contributed by atoms with van der Waals surface area (Å²) in [6.07, 6.45) is 5.74. The first-order valence-corrected chi connectivity index (χ1v) is 6.63. The fraction of sp³-hybridized carbons (Fsp3) is 0.400. The highest BCUT2D eigenvalue weighted by Gasteiger charge is 2.06. The molecule has 0 spiro atoms. The number of aromatic nitrogens is 2. The summed E-state index contributed by atoms with van der Waals surface area (Å²) in [7, 11) is 1.71. The van der Waals surface area contributed by atoms with E-state index in [1.807, 2.05) is 18.6 Å². The van der Waals surface area contributed by atoms with Gasteiger partial charge in [-0.15, -0.1) is 0 Å². The van der Waals surface area contributed by atoms with Crippen LogP contribution in [0.4, 0.5) is 0 Å². The number of hydrogen-bond acceptors (Lipinski definition) is 3. The van der Waals surface area contributed by atoms with E-state index in [9.17, 15) is 0 Å². The number of aryl methyl sites for hydroxylation is 1. The third kappa shape index (κ3) is 3.35. The van der Waals surface area contributed by atoms with Gasteiger partial charge in [0.05, 0.1) is 25.7 Å². The Bertz CT molecular complexity index is 534. The molecule has 4 heteroatoms. The normalized spacial score (nSPS) is 10.7. The lowest BCUT2D eigenvalue weighted by Gasteiger charge is -2.10. The lowest BCUT2D eigenvalue weighted by Crippen LogP contribution is -2.03. The van der Waals surface area contributed by atoms with Crippen LogP contribution in [0.5, 0.6) is 5.75 Å². The highest BCUT2D eigenvalue weighted by Crippen LogP contribution is 2.21. The summed E-state index contributed by atoms with van der Waals surface area (Å²) in [5.41, 5.74) is 9.07. The van der Waals surface area contributed by atoms with E-state index in [-0.39, 0.29) is 0 Å². The summed E-state index contributed by atoms with van der Waals surface area (Å²) >= 11 is 0. The Labute approximate surface area is 114 Å². The SMILES string of the molecule is CCc1ccc(OC)c(Cn2cnc(CCN)c2)c1. The van der Waals surface area contributed by atoms with E-state index in [1.54, 1.807) is 7.11 Å². The molecule has 102 valence electrons. The highest BCUT2D eigenvalue weighted by atomic mass is 16.5. The highest BCUT2D eigenvalue weighted by molar-refractivity contribution is 5.37. The Morgan fingerprint density at radius 1 is 1.37 bits per heavy atom. The molecule has 0 fully saturated rings. The van der Waals surface area contributed by atoms with Gasteiger partial charge in [-0.25, -0.2) is 4.98 Å². The fourth-order valence-electron chi connectivity index (χ4n) is 2.14. The van der Waals surface area contributed by atoms with Crippen LogP contribution in [0.1, 0.15) is 23.7 Å². The summed E-state index contributed by atoms with van der Waals surface area (Å²) in [5, 5.41) is 0. The summed E-state index contributed by atoms with van der Waals surface area (Å²) < 4.78 is 7.49. The molecule has 0 aliphatic rings. The van der Waals surface area contributed by atoms with Gasteiger partial charge in [-0.2, -0.15) is 0 Å². The first kappa shape index (κ1) is 13.6. The maximum absolute atomic E-state index is 5.54. The molecule has 0 aliphatic heterocycles. The average Bonchev–Trinajstić information content (AvgIpc) is 2.86. The number of rotatable bonds is 6. The predicted octanol–water partition coefficient (Wildman–Crippen LogP) is 2.00. The molecule has 0 radical (unpaired) electrons. The van der Waals surface area contributed by atoms with Crippen molar-refractivity contribution in [1.29, 1.82) is 0 Å². The predicted molar refractivity (Wildman–Crippen MR) is 76.5 cm³/mol. The van der Waals surface area contributed by atoms with E-state index in [1.165, 1.54) is 11.1 Å². The Kier molecular flexibility index (Phi) is 4.58. The van der Waals surface area contributed by atoms with Crippen molar-refractivity contribution in [1.82, 2.24) is 9.55 Å². The van der Waals surface area contributed by atoms with E-state index in [4.69, 9.17) is 10.5 Å². The van der Waals surface area contributed by atoms with Gasteiger partial charge in [0.15, 0.2) is 0 Å². The zero-order chi connectivity index (χ0) is 13.7. The first-order chi connectivity index (χ1) is 9.26. The number of imidazole rings is 1. The van der Waals surface area contributed by atoms with Crippen LogP contribution in [0.2, 0.25) is 0 Å². The summed E-state index contributed by atoms with van der Waals surface area (Å²) in [6, 6.07) is 6.34. The number of nitrogens with two attached hydrogens (primary N) is 1. The maximum Gasteiger partial charge on any atom is 0.123 e. The van der Waals surface area contributed by atoms with E-state index in [0.29, 0.717) is 6.54 Å². The number of methoxy groups -OCH3 is 1. The maximum atomic E-state index is 5.54. The Hall–Kier alpha value is -1.81. The molecule has 0 saturated carbocycles. The van der Waals surface area contributed by atoms with E-state index >= 15 is 0 Å². The first-order valence-electron chi connectivity index (χ1n) is 6.63. The number of nitrogens with zero attached hydrogens (tertiary/aromatic N) is 2. The molecule has 0 atom stereocenters. The van der Waals surface area contributed by atoms with Crippen molar-refractivity contribution in [2.45, 2.75) is 26.3 Å². The van der Waals surface area contributed by atoms with Crippen LogP contribution in [0.25, 0.3) is 0 Å². The van der Waals surface area contributed by atoms with E-state index in [0.717, 1.165) is 30.8 Å². The largest absolute Gasteiger partial charge is 0.496 e. The minimum atomic E-state index is 0.631. The van der Waals surface area contributed by atoms with Gasteiger partial charge in [0.2, 0.25) is 0 Å². The van der Waals surface area contributed by atoms with Gasteiger partial charge in [-0.1, -0.05) is 19.1 Å². The molecule has 2 aromatic rings. The van der Waals surface area contributed by atoms with Crippen LogP contribution < -0.4 is 10.5 Å². The monoisotopic (exact) mass is 259 g/mol. The van der Waals surface area contributed by atoms with Gasteiger partial charge in [0, 0.05) is 18.2 Å².